The summed E-state index contributed by atoms with van der Waals surface area (Å²) in [4.78, 5) is 23.1. The van der Waals surface area contributed by atoms with E-state index >= 15 is 0 Å². The summed E-state index contributed by atoms with van der Waals surface area (Å²) in [5.41, 5.74) is 0.526. The fourth-order valence-electron chi connectivity index (χ4n) is 2.01. The molecule has 0 aromatic heterocycles. The molecule has 0 saturated carbocycles. The van der Waals surface area contributed by atoms with Gasteiger partial charge in [-0.2, -0.15) is 5.10 Å². The Kier molecular flexibility index (Phi) is 6.61. The molecule has 1 aromatic carbocycles. The van der Waals surface area contributed by atoms with Gasteiger partial charge >= 0.3 is 5.97 Å². The number of carbonyl (C=O) groups is 2. The van der Waals surface area contributed by atoms with Gasteiger partial charge in [0.2, 0.25) is 0 Å². The molecule has 1 aromatic rings. The minimum Gasteiger partial charge on any atom is -0.496 e. The maximum atomic E-state index is 11.8. The molecule has 1 aliphatic heterocycles. The number of thioether (sulfide) groups is 1. The number of ether oxygens (including phenoxy) is 4. The normalized spacial score (nSPS) is 16.8. The number of hydrogen-bond donors (Lipinski definition) is 1. The van der Waals surface area contributed by atoms with E-state index in [0.717, 1.165) is 17.8 Å². The fourth-order valence-corrected chi connectivity index (χ4v) is 2.75. The number of nitrogens with zero attached hydrogens (tertiary/aromatic N) is 2. The SMILES string of the molecule is COC(=O)/C=C1/S/C(=N\N=Cc2c(OC)ccc(OC)c2OC)NC1=O. The first kappa shape index (κ1) is 19.3. The van der Waals surface area contributed by atoms with E-state index in [4.69, 9.17) is 14.2 Å². The lowest BCUT2D eigenvalue weighted by Crippen LogP contribution is -2.19. The molecular formula is C16H17N3O6S. The minimum absolute atomic E-state index is 0.169. The summed E-state index contributed by atoms with van der Waals surface area (Å²) < 4.78 is 20.4. The smallest absolute Gasteiger partial charge is 0.331 e. The van der Waals surface area contributed by atoms with Gasteiger partial charge in [0.25, 0.3) is 5.91 Å². The molecule has 9 nitrogen and oxygen atoms in total. The van der Waals surface area contributed by atoms with Gasteiger partial charge in [0, 0.05) is 6.08 Å². The number of benzene rings is 1. The van der Waals surface area contributed by atoms with Gasteiger partial charge in [0.15, 0.2) is 16.7 Å². The van der Waals surface area contributed by atoms with Crippen molar-refractivity contribution in [1.29, 1.82) is 0 Å². The number of hydrogen-bond acceptors (Lipinski definition) is 9. The van der Waals surface area contributed by atoms with Crippen LogP contribution in [0.1, 0.15) is 5.56 Å². The molecule has 0 unspecified atom stereocenters. The zero-order chi connectivity index (χ0) is 19.1. The van der Waals surface area contributed by atoms with Crippen molar-refractivity contribution in [2.75, 3.05) is 28.4 Å². The van der Waals surface area contributed by atoms with Crippen LogP contribution >= 0.6 is 11.8 Å². The monoisotopic (exact) mass is 379 g/mol. The van der Waals surface area contributed by atoms with Crippen molar-refractivity contribution in [1.82, 2.24) is 5.32 Å². The van der Waals surface area contributed by atoms with Gasteiger partial charge in [0.1, 0.15) is 5.75 Å². The highest BCUT2D eigenvalue weighted by Gasteiger charge is 2.25. The standard InChI is InChI=1S/C16H17N3O6S/c1-22-10-5-6-11(23-2)14(25-4)9(10)8-17-19-16-18-15(21)12(26-16)7-13(20)24-3/h5-8H,1-4H3,(H,18,19,21)/b12-7+,17-8?. The molecule has 10 heteroatoms. The first-order valence-electron chi connectivity index (χ1n) is 7.22. The second kappa shape index (κ2) is 8.90. The Morgan fingerprint density at radius 2 is 1.81 bits per heavy atom. The summed E-state index contributed by atoms with van der Waals surface area (Å²) in [7, 11) is 5.76. The van der Waals surface area contributed by atoms with Crippen LogP contribution in [0.2, 0.25) is 0 Å². The fraction of sp³-hybridized carbons (Fsp3) is 0.250. The van der Waals surface area contributed by atoms with Crippen LogP contribution < -0.4 is 19.5 Å². The van der Waals surface area contributed by atoms with Gasteiger partial charge in [-0.1, -0.05) is 0 Å². The lowest BCUT2D eigenvalue weighted by Gasteiger charge is -2.13. The molecule has 1 saturated heterocycles. The third-order valence-electron chi connectivity index (χ3n) is 3.20. The molecule has 0 aliphatic carbocycles. The number of carbonyl (C=O) groups excluding carboxylic acids is 2. The van der Waals surface area contributed by atoms with Crippen LogP contribution in [0.3, 0.4) is 0 Å². The van der Waals surface area contributed by atoms with E-state index in [1.54, 1.807) is 12.1 Å². The molecular weight excluding hydrogens is 362 g/mol. The molecule has 0 bridgehead atoms. The first-order chi connectivity index (χ1) is 12.5. The lowest BCUT2D eigenvalue weighted by molar-refractivity contribution is -0.135. The summed E-state index contributed by atoms with van der Waals surface area (Å²) in [5, 5.41) is 10.6. The molecule has 0 spiro atoms. The van der Waals surface area contributed by atoms with Gasteiger partial charge < -0.3 is 18.9 Å². The molecule has 1 aliphatic rings. The number of amidine groups is 1. The van der Waals surface area contributed by atoms with Crippen LogP contribution in [-0.4, -0.2) is 51.7 Å². The van der Waals surface area contributed by atoms with Gasteiger partial charge in [-0.3, -0.25) is 10.1 Å². The van der Waals surface area contributed by atoms with E-state index in [1.807, 2.05) is 0 Å². The number of esters is 1. The van der Waals surface area contributed by atoms with Crippen molar-refractivity contribution in [3.05, 3.63) is 28.7 Å². The molecule has 0 atom stereocenters. The number of amides is 1. The van der Waals surface area contributed by atoms with Gasteiger partial charge in [-0.05, 0) is 23.9 Å². The predicted molar refractivity (Wildman–Crippen MR) is 97.0 cm³/mol. The largest absolute Gasteiger partial charge is 0.496 e. The van der Waals surface area contributed by atoms with Gasteiger partial charge in [0.05, 0.1) is 45.1 Å². The Morgan fingerprint density at radius 3 is 2.42 bits per heavy atom. The van der Waals surface area contributed by atoms with E-state index in [2.05, 4.69) is 20.3 Å². The van der Waals surface area contributed by atoms with Crippen LogP contribution in [0, 0.1) is 0 Å². The molecule has 0 radical (unpaired) electrons. The maximum Gasteiger partial charge on any atom is 0.331 e. The van der Waals surface area contributed by atoms with Crippen molar-refractivity contribution >= 4 is 35.0 Å². The molecule has 1 fully saturated rings. The summed E-state index contributed by atoms with van der Waals surface area (Å²) in [6.45, 7) is 0. The maximum absolute atomic E-state index is 11.8. The van der Waals surface area contributed by atoms with Crippen molar-refractivity contribution in [2.24, 2.45) is 10.2 Å². The third-order valence-corrected chi connectivity index (χ3v) is 4.10. The summed E-state index contributed by atoms with van der Waals surface area (Å²) in [6.07, 6.45) is 2.50. The number of methoxy groups -OCH3 is 4. The second-order valence-electron chi connectivity index (χ2n) is 4.65. The van der Waals surface area contributed by atoms with E-state index in [0.29, 0.717) is 22.8 Å². The summed E-state index contributed by atoms with van der Waals surface area (Å²) in [5.74, 6) is 0.379. The Bertz CT molecular complexity index is 803. The molecule has 1 heterocycles. The zero-order valence-electron chi connectivity index (χ0n) is 14.6. The van der Waals surface area contributed by atoms with Crippen molar-refractivity contribution < 1.29 is 28.5 Å². The van der Waals surface area contributed by atoms with Crippen LogP contribution in [0.25, 0.3) is 0 Å². The van der Waals surface area contributed by atoms with Gasteiger partial charge in [-0.25, -0.2) is 4.79 Å². The lowest BCUT2D eigenvalue weighted by atomic mass is 10.1. The van der Waals surface area contributed by atoms with Crippen molar-refractivity contribution in [2.45, 2.75) is 0 Å². The molecule has 1 amide bonds. The van der Waals surface area contributed by atoms with Crippen molar-refractivity contribution in [3.63, 3.8) is 0 Å². The topological polar surface area (TPSA) is 108 Å². The first-order valence-corrected chi connectivity index (χ1v) is 8.04. The quantitative estimate of drug-likeness (QED) is 0.344. The van der Waals surface area contributed by atoms with Crippen LogP contribution in [0.15, 0.2) is 33.3 Å². The molecule has 2 rings (SSSR count). The van der Waals surface area contributed by atoms with Crippen molar-refractivity contribution in [3.8, 4) is 17.2 Å². The Hall–Kier alpha value is -3.01. The Labute approximate surface area is 154 Å². The highest BCUT2D eigenvalue weighted by atomic mass is 32.2. The Balaban J connectivity index is 2.26. The zero-order valence-corrected chi connectivity index (χ0v) is 15.4. The number of nitrogens with one attached hydrogen (secondary N) is 1. The summed E-state index contributed by atoms with van der Waals surface area (Å²) in [6, 6.07) is 3.41. The predicted octanol–water partition coefficient (Wildman–Crippen LogP) is 1.32. The highest BCUT2D eigenvalue weighted by molar-refractivity contribution is 8.18. The van der Waals surface area contributed by atoms with Crippen LogP contribution in [-0.2, 0) is 14.3 Å². The average molecular weight is 379 g/mol. The van der Waals surface area contributed by atoms with Crippen LogP contribution in [0.5, 0.6) is 17.2 Å². The second-order valence-corrected chi connectivity index (χ2v) is 5.69. The van der Waals surface area contributed by atoms with E-state index in [9.17, 15) is 9.59 Å². The molecule has 1 N–H and O–H groups in total. The van der Waals surface area contributed by atoms with E-state index in [1.165, 1.54) is 34.7 Å². The van der Waals surface area contributed by atoms with E-state index in [-0.39, 0.29) is 10.1 Å². The average Bonchev–Trinajstić information content (AvgIpc) is 3.00. The highest BCUT2D eigenvalue weighted by Crippen LogP contribution is 2.36. The third kappa shape index (κ3) is 4.33. The minimum atomic E-state index is -0.627. The Morgan fingerprint density at radius 1 is 1.12 bits per heavy atom. The summed E-state index contributed by atoms with van der Waals surface area (Å²) >= 11 is 0.974. The van der Waals surface area contributed by atoms with Crippen LogP contribution in [0.4, 0.5) is 0 Å². The van der Waals surface area contributed by atoms with Gasteiger partial charge in [-0.15, -0.1) is 5.10 Å². The van der Waals surface area contributed by atoms with E-state index < -0.39 is 11.9 Å². The number of rotatable bonds is 6. The molecule has 26 heavy (non-hydrogen) atoms. The molecule has 138 valence electrons.